The molecule has 2 nitrogen and oxygen atoms in total. The third kappa shape index (κ3) is 3.07. The molecule has 0 aliphatic heterocycles. The van der Waals surface area contributed by atoms with E-state index in [-0.39, 0.29) is 16.4 Å². The molecule has 0 saturated carbocycles. The van der Waals surface area contributed by atoms with Gasteiger partial charge in [-0.2, -0.15) is 0 Å². The molecule has 0 amide bonds. The van der Waals surface area contributed by atoms with E-state index < -0.39 is 0 Å². The minimum atomic E-state index is -0.385. The van der Waals surface area contributed by atoms with E-state index in [9.17, 15) is 4.39 Å². The molecule has 20 heavy (non-hydrogen) atoms. The summed E-state index contributed by atoms with van der Waals surface area (Å²) >= 11 is 9.70. The van der Waals surface area contributed by atoms with Crippen molar-refractivity contribution >= 4 is 27.5 Å². The second-order valence-electron chi connectivity index (χ2n) is 4.15. The van der Waals surface area contributed by atoms with E-state index in [0.29, 0.717) is 10.8 Å². The van der Waals surface area contributed by atoms with Gasteiger partial charge in [0.1, 0.15) is 5.75 Å². The van der Waals surface area contributed by atoms with Crippen molar-refractivity contribution in [2.75, 3.05) is 14.2 Å². The molecule has 0 spiro atoms. The number of halogens is 3. The molecule has 1 atom stereocenters. The maximum atomic E-state index is 13.4. The molecule has 0 heterocycles. The molecule has 0 saturated heterocycles. The van der Waals surface area contributed by atoms with Crippen molar-refractivity contribution in [2.45, 2.75) is 4.83 Å². The molecule has 5 heteroatoms. The van der Waals surface area contributed by atoms with Crippen LogP contribution in [0.25, 0.3) is 0 Å². The summed E-state index contributed by atoms with van der Waals surface area (Å²) in [4.78, 5) is -0.111. The molecule has 0 radical (unpaired) electrons. The molecular formula is C15H13BrClFO2. The molecule has 1 unspecified atom stereocenters. The predicted octanol–water partition coefficient (Wildman–Crippen LogP) is 4.98. The van der Waals surface area contributed by atoms with Crippen molar-refractivity contribution in [2.24, 2.45) is 0 Å². The van der Waals surface area contributed by atoms with Gasteiger partial charge in [-0.15, -0.1) is 0 Å². The molecule has 0 aromatic heterocycles. The SMILES string of the molecule is COc1cc(C(Br)c2ccc(OC)c(Cl)c2)ccc1F. The zero-order chi connectivity index (χ0) is 14.7. The van der Waals surface area contributed by atoms with E-state index in [1.807, 2.05) is 12.1 Å². The van der Waals surface area contributed by atoms with Crippen LogP contribution in [0, 0.1) is 5.82 Å². The van der Waals surface area contributed by atoms with Crippen LogP contribution < -0.4 is 9.47 Å². The van der Waals surface area contributed by atoms with Crippen molar-refractivity contribution in [3.05, 3.63) is 58.4 Å². The van der Waals surface area contributed by atoms with Crippen molar-refractivity contribution in [1.29, 1.82) is 0 Å². The summed E-state index contributed by atoms with van der Waals surface area (Å²) in [6.07, 6.45) is 0. The number of hydrogen-bond donors (Lipinski definition) is 0. The summed E-state index contributed by atoms with van der Waals surface area (Å²) in [6.45, 7) is 0. The third-order valence-electron chi connectivity index (χ3n) is 2.94. The maximum absolute atomic E-state index is 13.4. The molecule has 0 fully saturated rings. The van der Waals surface area contributed by atoms with Crippen LogP contribution in [0.4, 0.5) is 4.39 Å². The first-order chi connectivity index (χ1) is 9.56. The fourth-order valence-electron chi connectivity index (χ4n) is 1.87. The average molecular weight is 360 g/mol. The monoisotopic (exact) mass is 358 g/mol. The summed E-state index contributed by atoms with van der Waals surface area (Å²) in [5, 5.41) is 0.531. The van der Waals surface area contributed by atoms with Gasteiger partial charge in [-0.3, -0.25) is 0 Å². The Kier molecular flexibility index (Phi) is 4.89. The van der Waals surface area contributed by atoms with Gasteiger partial charge in [-0.05, 0) is 35.4 Å². The molecule has 0 N–H and O–H groups in total. The van der Waals surface area contributed by atoms with Gasteiger partial charge in [-0.25, -0.2) is 4.39 Å². The molecule has 0 bridgehead atoms. The van der Waals surface area contributed by atoms with Gasteiger partial charge in [-0.1, -0.05) is 39.7 Å². The van der Waals surface area contributed by atoms with Crippen LogP contribution in [-0.2, 0) is 0 Å². The second kappa shape index (κ2) is 6.46. The fourth-order valence-corrected chi connectivity index (χ4v) is 2.70. The Balaban J connectivity index is 2.35. The largest absolute Gasteiger partial charge is 0.495 e. The average Bonchev–Trinajstić information content (AvgIpc) is 2.47. The number of hydrogen-bond acceptors (Lipinski definition) is 2. The second-order valence-corrected chi connectivity index (χ2v) is 5.47. The van der Waals surface area contributed by atoms with Crippen LogP contribution in [0.3, 0.4) is 0 Å². The first-order valence-corrected chi connectivity index (χ1v) is 7.17. The van der Waals surface area contributed by atoms with Crippen molar-refractivity contribution < 1.29 is 13.9 Å². The summed E-state index contributed by atoms with van der Waals surface area (Å²) < 4.78 is 23.5. The van der Waals surface area contributed by atoms with E-state index in [2.05, 4.69) is 15.9 Å². The molecule has 2 rings (SSSR count). The Morgan fingerprint density at radius 1 is 1.00 bits per heavy atom. The molecule has 106 valence electrons. The molecule has 0 aliphatic rings. The van der Waals surface area contributed by atoms with Gasteiger partial charge in [0.15, 0.2) is 11.6 Å². The van der Waals surface area contributed by atoms with E-state index in [4.69, 9.17) is 21.1 Å². The Labute approximate surface area is 130 Å². The van der Waals surface area contributed by atoms with Crippen LogP contribution >= 0.6 is 27.5 Å². The molecule has 2 aromatic carbocycles. The number of ether oxygens (including phenoxy) is 2. The summed E-state index contributed by atoms with van der Waals surface area (Å²) in [5.41, 5.74) is 1.83. The first-order valence-electron chi connectivity index (χ1n) is 5.87. The minimum Gasteiger partial charge on any atom is -0.495 e. The van der Waals surface area contributed by atoms with E-state index in [1.165, 1.54) is 13.2 Å². The highest BCUT2D eigenvalue weighted by atomic mass is 79.9. The smallest absolute Gasteiger partial charge is 0.165 e. The lowest BCUT2D eigenvalue weighted by molar-refractivity contribution is 0.386. The van der Waals surface area contributed by atoms with Crippen LogP contribution in [0.15, 0.2) is 36.4 Å². The topological polar surface area (TPSA) is 18.5 Å². The van der Waals surface area contributed by atoms with Gasteiger partial charge in [0.25, 0.3) is 0 Å². The molecular weight excluding hydrogens is 347 g/mol. The number of methoxy groups -OCH3 is 2. The highest BCUT2D eigenvalue weighted by molar-refractivity contribution is 9.09. The first kappa shape index (κ1) is 15.1. The molecule has 0 aliphatic carbocycles. The highest BCUT2D eigenvalue weighted by Gasteiger charge is 2.14. The van der Waals surface area contributed by atoms with Crippen molar-refractivity contribution in [1.82, 2.24) is 0 Å². The standard InChI is InChI=1S/C15H13BrClFO2/c1-19-13-6-4-9(7-11(13)17)15(16)10-3-5-12(18)14(8-10)20-2/h3-8,15H,1-2H3. The minimum absolute atomic E-state index is 0.111. The van der Waals surface area contributed by atoms with E-state index in [1.54, 1.807) is 25.3 Å². The van der Waals surface area contributed by atoms with Crippen LogP contribution in [0.5, 0.6) is 11.5 Å². The zero-order valence-corrected chi connectivity index (χ0v) is 13.3. The van der Waals surface area contributed by atoms with Crippen molar-refractivity contribution in [3.63, 3.8) is 0 Å². The fraction of sp³-hybridized carbons (Fsp3) is 0.200. The van der Waals surface area contributed by atoms with Gasteiger partial charge in [0.05, 0.1) is 24.1 Å². The Morgan fingerprint density at radius 3 is 2.20 bits per heavy atom. The zero-order valence-electron chi connectivity index (χ0n) is 11.0. The third-order valence-corrected chi connectivity index (χ3v) is 4.29. The van der Waals surface area contributed by atoms with Crippen LogP contribution in [0.2, 0.25) is 5.02 Å². The Morgan fingerprint density at radius 2 is 1.60 bits per heavy atom. The van der Waals surface area contributed by atoms with Crippen LogP contribution in [-0.4, -0.2) is 14.2 Å². The van der Waals surface area contributed by atoms with Gasteiger partial charge in [0.2, 0.25) is 0 Å². The summed E-state index contributed by atoms with van der Waals surface area (Å²) in [6, 6.07) is 10.3. The Hall–Kier alpha value is -1.26. The normalized spacial score (nSPS) is 12.1. The van der Waals surface area contributed by atoms with Crippen LogP contribution in [0.1, 0.15) is 16.0 Å². The van der Waals surface area contributed by atoms with Gasteiger partial charge >= 0.3 is 0 Å². The Bertz CT molecular complexity index is 619. The number of benzene rings is 2. The molecule has 2 aromatic rings. The van der Waals surface area contributed by atoms with E-state index >= 15 is 0 Å². The summed E-state index contributed by atoms with van der Waals surface area (Å²) in [7, 11) is 3.01. The quantitative estimate of drug-likeness (QED) is 0.717. The highest BCUT2D eigenvalue weighted by Crippen LogP contribution is 2.36. The number of rotatable bonds is 4. The maximum Gasteiger partial charge on any atom is 0.165 e. The van der Waals surface area contributed by atoms with E-state index in [0.717, 1.165) is 11.1 Å². The summed E-state index contributed by atoms with van der Waals surface area (Å²) in [5.74, 6) is 0.446. The van der Waals surface area contributed by atoms with Crippen molar-refractivity contribution in [3.8, 4) is 11.5 Å². The predicted molar refractivity (Wildman–Crippen MR) is 81.7 cm³/mol. The lowest BCUT2D eigenvalue weighted by Crippen LogP contribution is -1.96. The lowest BCUT2D eigenvalue weighted by atomic mass is 10.0. The lowest BCUT2D eigenvalue weighted by Gasteiger charge is -2.14. The number of alkyl halides is 1. The van der Waals surface area contributed by atoms with Gasteiger partial charge in [0, 0.05) is 0 Å². The van der Waals surface area contributed by atoms with Gasteiger partial charge < -0.3 is 9.47 Å².